The maximum absolute atomic E-state index is 12.9. The smallest absolute Gasteiger partial charge is 0.229 e. The summed E-state index contributed by atoms with van der Waals surface area (Å²) in [6, 6.07) is 9.53. The van der Waals surface area contributed by atoms with Crippen LogP contribution in [0.1, 0.15) is 50.1 Å². The summed E-state index contributed by atoms with van der Waals surface area (Å²) >= 11 is 0. The summed E-state index contributed by atoms with van der Waals surface area (Å²) < 4.78 is 11.4. The molecule has 0 unspecified atom stereocenters. The Hall–Kier alpha value is -1.61. The van der Waals surface area contributed by atoms with Crippen molar-refractivity contribution in [3.63, 3.8) is 0 Å². The van der Waals surface area contributed by atoms with Crippen LogP contribution >= 0.6 is 0 Å². The van der Waals surface area contributed by atoms with Gasteiger partial charge in [-0.25, -0.2) is 0 Å². The Morgan fingerprint density at radius 1 is 1.14 bits per heavy atom. The molecule has 0 N–H and O–H groups in total. The fraction of sp³-hybridized carbons (Fsp3) is 0.500. The van der Waals surface area contributed by atoms with Gasteiger partial charge in [0.1, 0.15) is 11.2 Å². The molecule has 0 spiro atoms. The van der Waals surface area contributed by atoms with Crippen LogP contribution in [0, 0.1) is 5.41 Å². The molecule has 1 fully saturated rings. The molecule has 1 aromatic carbocycles. The number of hydrogen-bond donors (Lipinski definition) is 0. The second-order valence-corrected chi connectivity index (χ2v) is 6.84. The molecule has 112 valence electrons. The second-order valence-electron chi connectivity index (χ2n) is 6.84. The number of para-hydroxylation sites is 1. The highest BCUT2D eigenvalue weighted by Crippen LogP contribution is 2.43. The SMILES string of the molecule is COC1(C(=O)c2cc3ccccc3o2)CCC(C)(C)CC1. The highest BCUT2D eigenvalue weighted by molar-refractivity contribution is 6.03. The summed E-state index contributed by atoms with van der Waals surface area (Å²) in [4.78, 5) is 12.9. The third-order valence-electron chi connectivity index (χ3n) is 4.87. The van der Waals surface area contributed by atoms with Crippen LogP contribution in [-0.2, 0) is 4.74 Å². The van der Waals surface area contributed by atoms with E-state index in [0.717, 1.165) is 36.7 Å². The molecule has 3 heteroatoms. The molecule has 1 aliphatic carbocycles. The van der Waals surface area contributed by atoms with Crippen molar-refractivity contribution >= 4 is 16.8 Å². The van der Waals surface area contributed by atoms with E-state index in [9.17, 15) is 4.79 Å². The zero-order valence-electron chi connectivity index (χ0n) is 12.9. The molecule has 0 radical (unpaired) electrons. The lowest BCUT2D eigenvalue weighted by molar-refractivity contribution is -0.0396. The van der Waals surface area contributed by atoms with E-state index in [2.05, 4.69) is 13.8 Å². The first kappa shape index (κ1) is 14.3. The molecule has 1 saturated carbocycles. The Bertz CT molecular complexity index is 623. The molecule has 1 heterocycles. The molecule has 3 rings (SSSR count). The van der Waals surface area contributed by atoms with Gasteiger partial charge in [-0.1, -0.05) is 32.0 Å². The zero-order chi connectivity index (χ0) is 15.1. The molecule has 0 aliphatic heterocycles. The average Bonchev–Trinajstić information content (AvgIpc) is 2.91. The number of ketones is 1. The number of methoxy groups -OCH3 is 1. The van der Waals surface area contributed by atoms with Crippen molar-refractivity contribution in [2.45, 2.75) is 45.1 Å². The molecule has 0 saturated heterocycles. The van der Waals surface area contributed by atoms with Crippen molar-refractivity contribution in [1.29, 1.82) is 0 Å². The number of carbonyl (C=O) groups excluding carboxylic acids is 1. The first-order valence-electron chi connectivity index (χ1n) is 7.54. The Morgan fingerprint density at radius 2 is 1.81 bits per heavy atom. The summed E-state index contributed by atoms with van der Waals surface area (Å²) in [5.74, 6) is 0.398. The number of hydrogen-bond acceptors (Lipinski definition) is 3. The minimum absolute atomic E-state index is 0.0169. The van der Waals surface area contributed by atoms with Crippen LogP contribution in [-0.4, -0.2) is 18.5 Å². The van der Waals surface area contributed by atoms with E-state index < -0.39 is 5.60 Å². The number of carbonyl (C=O) groups is 1. The van der Waals surface area contributed by atoms with Gasteiger partial charge in [0.25, 0.3) is 0 Å². The van der Waals surface area contributed by atoms with Gasteiger partial charge in [-0.3, -0.25) is 4.79 Å². The van der Waals surface area contributed by atoms with E-state index in [4.69, 9.17) is 9.15 Å². The molecule has 0 atom stereocenters. The van der Waals surface area contributed by atoms with Crippen LogP contribution in [0.4, 0.5) is 0 Å². The standard InChI is InChI=1S/C18H22O3/c1-17(2)8-10-18(20-3,11-9-17)16(19)15-12-13-6-4-5-7-14(13)21-15/h4-7,12H,8-11H2,1-3H3. The summed E-state index contributed by atoms with van der Waals surface area (Å²) in [5.41, 5.74) is 0.322. The Labute approximate surface area is 125 Å². The maximum atomic E-state index is 12.9. The molecular formula is C18H22O3. The van der Waals surface area contributed by atoms with Gasteiger partial charge in [0.2, 0.25) is 5.78 Å². The van der Waals surface area contributed by atoms with Gasteiger partial charge in [0.15, 0.2) is 5.76 Å². The number of rotatable bonds is 3. The lowest BCUT2D eigenvalue weighted by atomic mass is 9.69. The van der Waals surface area contributed by atoms with Crippen LogP contribution in [0.5, 0.6) is 0 Å². The van der Waals surface area contributed by atoms with Gasteiger partial charge in [-0.15, -0.1) is 0 Å². The van der Waals surface area contributed by atoms with Crippen LogP contribution in [0.15, 0.2) is 34.7 Å². The van der Waals surface area contributed by atoms with Crippen molar-refractivity contribution in [2.24, 2.45) is 5.41 Å². The predicted molar refractivity (Wildman–Crippen MR) is 82.5 cm³/mol. The maximum Gasteiger partial charge on any atom is 0.229 e. The van der Waals surface area contributed by atoms with Crippen molar-refractivity contribution in [2.75, 3.05) is 7.11 Å². The van der Waals surface area contributed by atoms with Crippen molar-refractivity contribution in [1.82, 2.24) is 0 Å². The topological polar surface area (TPSA) is 39.4 Å². The molecule has 3 nitrogen and oxygen atoms in total. The first-order chi connectivity index (χ1) is 9.96. The average molecular weight is 286 g/mol. The van der Waals surface area contributed by atoms with E-state index in [0.29, 0.717) is 5.76 Å². The summed E-state index contributed by atoms with van der Waals surface area (Å²) in [6.45, 7) is 4.50. The molecule has 0 amide bonds. The number of benzene rings is 1. The number of furan rings is 1. The molecule has 2 aromatic rings. The monoisotopic (exact) mass is 286 g/mol. The highest BCUT2D eigenvalue weighted by Gasteiger charge is 2.45. The Morgan fingerprint density at radius 3 is 2.43 bits per heavy atom. The molecular weight excluding hydrogens is 264 g/mol. The fourth-order valence-corrected chi connectivity index (χ4v) is 3.17. The normalized spacial score (nSPS) is 20.5. The van der Waals surface area contributed by atoms with Crippen LogP contribution in [0.2, 0.25) is 0 Å². The molecule has 1 aliphatic rings. The van der Waals surface area contributed by atoms with E-state index in [1.54, 1.807) is 7.11 Å². The Balaban J connectivity index is 1.92. The van der Waals surface area contributed by atoms with Crippen LogP contribution < -0.4 is 0 Å². The number of Topliss-reactive ketones (excluding diaryl/α,β-unsaturated/α-hetero) is 1. The number of fused-ring (bicyclic) bond motifs is 1. The summed E-state index contributed by atoms with van der Waals surface area (Å²) in [6.07, 6.45) is 3.50. The number of ether oxygens (including phenoxy) is 1. The summed E-state index contributed by atoms with van der Waals surface area (Å²) in [5, 5.41) is 0.961. The van der Waals surface area contributed by atoms with Crippen LogP contribution in [0.25, 0.3) is 11.0 Å². The predicted octanol–water partition coefficient (Wildman–Crippen LogP) is 4.60. The van der Waals surface area contributed by atoms with E-state index in [1.165, 1.54) is 0 Å². The van der Waals surface area contributed by atoms with Crippen molar-refractivity contribution in [3.05, 3.63) is 36.1 Å². The molecule has 21 heavy (non-hydrogen) atoms. The third kappa shape index (κ3) is 2.51. The van der Waals surface area contributed by atoms with Gasteiger partial charge < -0.3 is 9.15 Å². The largest absolute Gasteiger partial charge is 0.453 e. The van der Waals surface area contributed by atoms with Gasteiger partial charge in [-0.2, -0.15) is 0 Å². The van der Waals surface area contributed by atoms with Gasteiger partial charge in [0.05, 0.1) is 0 Å². The molecule has 1 aromatic heterocycles. The first-order valence-corrected chi connectivity index (χ1v) is 7.54. The van der Waals surface area contributed by atoms with E-state index in [-0.39, 0.29) is 11.2 Å². The third-order valence-corrected chi connectivity index (χ3v) is 4.87. The quantitative estimate of drug-likeness (QED) is 0.774. The molecule has 0 bridgehead atoms. The zero-order valence-corrected chi connectivity index (χ0v) is 12.9. The minimum atomic E-state index is -0.719. The van der Waals surface area contributed by atoms with Crippen molar-refractivity contribution in [3.8, 4) is 0 Å². The van der Waals surface area contributed by atoms with Crippen LogP contribution in [0.3, 0.4) is 0 Å². The van der Waals surface area contributed by atoms with Gasteiger partial charge in [-0.05, 0) is 43.2 Å². The highest BCUT2D eigenvalue weighted by atomic mass is 16.5. The fourth-order valence-electron chi connectivity index (χ4n) is 3.17. The Kier molecular flexibility index (Phi) is 3.40. The van der Waals surface area contributed by atoms with E-state index >= 15 is 0 Å². The van der Waals surface area contributed by atoms with Gasteiger partial charge >= 0.3 is 0 Å². The van der Waals surface area contributed by atoms with E-state index in [1.807, 2.05) is 30.3 Å². The van der Waals surface area contributed by atoms with Crippen molar-refractivity contribution < 1.29 is 13.9 Å². The van der Waals surface area contributed by atoms with Gasteiger partial charge in [0, 0.05) is 12.5 Å². The minimum Gasteiger partial charge on any atom is -0.453 e. The lowest BCUT2D eigenvalue weighted by Gasteiger charge is -2.41. The lowest BCUT2D eigenvalue weighted by Crippen LogP contribution is -2.45. The summed E-state index contributed by atoms with van der Waals surface area (Å²) in [7, 11) is 1.64. The second kappa shape index (κ2) is 4.99.